The molecule has 0 radical (unpaired) electrons. The molecule has 0 bridgehead atoms. The number of ether oxygens (including phenoxy) is 3. The van der Waals surface area contributed by atoms with Gasteiger partial charge in [0.2, 0.25) is 0 Å². The third-order valence-electron chi connectivity index (χ3n) is 9.17. The predicted octanol–water partition coefficient (Wildman–Crippen LogP) is 4.17. The van der Waals surface area contributed by atoms with E-state index in [0.717, 1.165) is 70.1 Å². The first kappa shape index (κ1) is 31.8. The molecule has 1 aromatic carbocycles. The maximum absolute atomic E-state index is 13.8. The Balaban J connectivity index is 0.00000210. The molecule has 10 heteroatoms. The zero-order chi connectivity index (χ0) is 26.2. The lowest BCUT2D eigenvalue weighted by Gasteiger charge is -2.27. The van der Waals surface area contributed by atoms with E-state index >= 15 is 0 Å². The Morgan fingerprint density at radius 2 is 1.41 bits per heavy atom. The van der Waals surface area contributed by atoms with Crippen LogP contribution in [0.1, 0.15) is 48.4 Å². The maximum Gasteiger partial charge on any atom is 0.340 e. The summed E-state index contributed by atoms with van der Waals surface area (Å²) in [5.74, 6) is -0.207. The second-order valence-corrected chi connectivity index (χ2v) is 11.7. The summed E-state index contributed by atoms with van der Waals surface area (Å²) in [6.07, 6.45) is 1.97. The monoisotopic (exact) mass is 583 g/mol. The van der Waals surface area contributed by atoms with Gasteiger partial charge in [0.15, 0.2) is 5.78 Å². The second kappa shape index (κ2) is 12.9. The van der Waals surface area contributed by atoms with Crippen LogP contribution in [0.3, 0.4) is 0 Å². The van der Waals surface area contributed by atoms with Gasteiger partial charge in [0, 0.05) is 68.9 Å². The highest BCUT2D eigenvalue weighted by Gasteiger charge is 2.68. The Hall–Kier alpha value is -1.68. The molecule has 1 aromatic heterocycles. The summed E-state index contributed by atoms with van der Waals surface area (Å²) in [6.45, 7) is 17.7. The van der Waals surface area contributed by atoms with Crippen LogP contribution in [0.4, 0.5) is 0 Å². The van der Waals surface area contributed by atoms with Crippen LogP contribution in [0.5, 0.6) is 0 Å². The fourth-order valence-electron chi connectivity index (χ4n) is 6.15. The third kappa shape index (κ3) is 6.31. The van der Waals surface area contributed by atoms with Crippen LogP contribution in [-0.2, 0) is 20.8 Å². The van der Waals surface area contributed by atoms with Crippen molar-refractivity contribution in [2.75, 3.05) is 72.3 Å². The van der Waals surface area contributed by atoms with Crippen molar-refractivity contribution in [2.24, 2.45) is 16.7 Å². The molecule has 0 spiro atoms. The van der Waals surface area contributed by atoms with Crippen molar-refractivity contribution >= 4 is 47.5 Å². The van der Waals surface area contributed by atoms with E-state index in [2.05, 4.69) is 42.1 Å². The van der Waals surface area contributed by atoms with E-state index in [1.807, 2.05) is 24.4 Å². The Labute approximate surface area is 244 Å². The molecule has 3 aliphatic rings. The van der Waals surface area contributed by atoms with Crippen molar-refractivity contribution in [3.8, 4) is 0 Å². The highest BCUT2D eigenvalue weighted by Crippen LogP contribution is 2.69. The first-order valence-corrected chi connectivity index (χ1v) is 13.6. The fourth-order valence-corrected chi connectivity index (χ4v) is 6.15. The van der Waals surface area contributed by atoms with Gasteiger partial charge in [-0.2, -0.15) is 0 Å². The molecule has 3 fully saturated rings. The molecule has 0 amide bonds. The maximum atomic E-state index is 13.8. The molecule has 0 N–H and O–H groups in total. The number of esters is 1. The summed E-state index contributed by atoms with van der Waals surface area (Å²) in [5.41, 5.74) is 1.93. The summed E-state index contributed by atoms with van der Waals surface area (Å²) in [5, 5.41) is 0.841. The minimum atomic E-state index is -0.337. The minimum absolute atomic E-state index is 0. The number of aromatic nitrogens is 1. The smallest absolute Gasteiger partial charge is 0.340 e. The molecular formula is C29H43Cl2N3O5. The molecule has 1 aliphatic carbocycles. The molecule has 0 atom stereocenters. The largest absolute Gasteiger partial charge is 0.461 e. The van der Waals surface area contributed by atoms with E-state index in [1.165, 1.54) is 0 Å². The van der Waals surface area contributed by atoms with Gasteiger partial charge in [-0.05, 0) is 16.9 Å². The van der Waals surface area contributed by atoms with Crippen LogP contribution in [0.15, 0.2) is 24.4 Å². The van der Waals surface area contributed by atoms with E-state index in [4.69, 9.17) is 14.2 Å². The summed E-state index contributed by atoms with van der Waals surface area (Å²) in [6, 6.07) is 5.66. The zero-order valence-electron chi connectivity index (χ0n) is 23.6. The molecule has 218 valence electrons. The van der Waals surface area contributed by atoms with Gasteiger partial charge < -0.3 is 18.8 Å². The molecule has 0 unspecified atom stereocenters. The zero-order valence-corrected chi connectivity index (χ0v) is 25.2. The third-order valence-corrected chi connectivity index (χ3v) is 9.17. The minimum Gasteiger partial charge on any atom is -0.461 e. The van der Waals surface area contributed by atoms with Crippen LogP contribution in [-0.4, -0.2) is 98.4 Å². The number of rotatable bonds is 9. The average Bonchev–Trinajstić information content (AvgIpc) is 3.14. The van der Waals surface area contributed by atoms with E-state index in [-0.39, 0.29) is 53.3 Å². The summed E-state index contributed by atoms with van der Waals surface area (Å²) >= 11 is 0. The van der Waals surface area contributed by atoms with E-state index in [9.17, 15) is 9.59 Å². The first-order valence-electron chi connectivity index (χ1n) is 13.6. The Morgan fingerprint density at radius 1 is 0.846 bits per heavy atom. The standard InChI is InChI=1S/C29H41N3O5.2ClH/c1-28(2)26(29(28,3)4)25(33)23-20-32(9-8-30-10-15-35-16-11-30)24-21(23)6-5-7-22(24)27(34)37-19-14-31-12-17-36-18-13-31;;/h5-7,20,26H,8-19H2,1-4H3;2*1H. The number of morpholine rings is 2. The van der Waals surface area contributed by atoms with Gasteiger partial charge in [-0.1, -0.05) is 39.8 Å². The number of nitrogens with zero attached hydrogens (tertiary/aromatic N) is 3. The lowest BCUT2D eigenvalue weighted by atomic mass is 10.00. The van der Waals surface area contributed by atoms with Crippen molar-refractivity contribution in [3.63, 3.8) is 0 Å². The number of carbonyl (C=O) groups is 2. The second-order valence-electron chi connectivity index (χ2n) is 11.7. The summed E-state index contributed by atoms with van der Waals surface area (Å²) in [4.78, 5) is 31.7. The van der Waals surface area contributed by atoms with E-state index < -0.39 is 0 Å². The lowest BCUT2D eigenvalue weighted by molar-refractivity contribution is 0.0196. The van der Waals surface area contributed by atoms with Gasteiger partial charge in [0.25, 0.3) is 0 Å². The van der Waals surface area contributed by atoms with Crippen molar-refractivity contribution in [2.45, 2.75) is 34.2 Å². The number of benzene rings is 1. The quantitative estimate of drug-likeness (QED) is 0.324. The van der Waals surface area contributed by atoms with Gasteiger partial charge in [-0.15, -0.1) is 24.8 Å². The number of hydrogen-bond acceptors (Lipinski definition) is 7. The predicted molar refractivity (Wildman–Crippen MR) is 157 cm³/mol. The number of fused-ring (bicyclic) bond motifs is 1. The molecule has 2 aromatic rings. The Morgan fingerprint density at radius 3 is 1.97 bits per heavy atom. The van der Waals surface area contributed by atoms with Crippen molar-refractivity contribution in [1.82, 2.24) is 14.4 Å². The van der Waals surface area contributed by atoms with Crippen LogP contribution >= 0.6 is 24.8 Å². The normalized spacial score (nSPS) is 21.1. The SMILES string of the molecule is CC1(C)C(C(=O)c2cn(CCN3CCOCC3)c3c(C(=O)OCCN4CCOCC4)cccc23)C1(C)C.Cl.Cl. The number of carbonyl (C=O) groups excluding carboxylic acids is 2. The van der Waals surface area contributed by atoms with Crippen molar-refractivity contribution in [3.05, 3.63) is 35.5 Å². The number of halogens is 2. The van der Waals surface area contributed by atoms with Crippen molar-refractivity contribution < 1.29 is 23.8 Å². The van der Waals surface area contributed by atoms with Crippen LogP contribution < -0.4 is 0 Å². The van der Waals surface area contributed by atoms with Gasteiger partial charge in [0.05, 0.1) is 37.5 Å². The lowest BCUT2D eigenvalue weighted by Crippen LogP contribution is -2.38. The highest BCUT2D eigenvalue weighted by molar-refractivity contribution is 6.14. The van der Waals surface area contributed by atoms with Gasteiger partial charge in [-0.3, -0.25) is 14.6 Å². The molecule has 2 aliphatic heterocycles. The van der Waals surface area contributed by atoms with E-state index in [1.54, 1.807) is 0 Å². The Kier molecular flexibility index (Phi) is 10.5. The van der Waals surface area contributed by atoms with Gasteiger partial charge in [-0.25, -0.2) is 4.79 Å². The van der Waals surface area contributed by atoms with Crippen LogP contribution in [0.2, 0.25) is 0 Å². The molecule has 39 heavy (non-hydrogen) atoms. The number of hydrogen-bond donors (Lipinski definition) is 0. The number of Topliss-reactive ketones (excluding diaryl/α,β-unsaturated/α-hetero) is 1. The number of ketones is 1. The molecule has 3 heterocycles. The first-order chi connectivity index (χ1) is 17.7. The van der Waals surface area contributed by atoms with Crippen LogP contribution in [0.25, 0.3) is 10.9 Å². The van der Waals surface area contributed by atoms with Gasteiger partial charge >= 0.3 is 5.97 Å². The highest BCUT2D eigenvalue weighted by atomic mass is 35.5. The number of para-hydroxylation sites is 1. The molecular weight excluding hydrogens is 541 g/mol. The average molecular weight is 585 g/mol. The summed E-state index contributed by atoms with van der Waals surface area (Å²) < 4.78 is 18.7. The topological polar surface area (TPSA) is 73.2 Å². The van der Waals surface area contributed by atoms with Crippen LogP contribution in [0, 0.1) is 16.7 Å². The van der Waals surface area contributed by atoms with E-state index in [0.29, 0.717) is 30.8 Å². The van der Waals surface area contributed by atoms with Gasteiger partial charge in [0.1, 0.15) is 6.61 Å². The fraction of sp³-hybridized carbons (Fsp3) is 0.655. The molecule has 8 nitrogen and oxygen atoms in total. The van der Waals surface area contributed by atoms with Crippen molar-refractivity contribution in [1.29, 1.82) is 0 Å². The Bertz CT molecular complexity index is 1140. The molecule has 1 saturated carbocycles. The summed E-state index contributed by atoms with van der Waals surface area (Å²) in [7, 11) is 0. The molecule has 5 rings (SSSR count). The molecule has 2 saturated heterocycles.